The molecule has 1 saturated carbocycles. The second-order valence-electron chi connectivity index (χ2n) is 5.66. The SMILES string of the molecule is COC(=O)c1ccccc1CNC1CC(O)C1(C)C. The van der Waals surface area contributed by atoms with Crippen LogP contribution in [0, 0.1) is 5.41 Å². The molecule has 0 radical (unpaired) electrons. The van der Waals surface area contributed by atoms with Gasteiger partial charge < -0.3 is 15.2 Å². The molecule has 0 aromatic heterocycles. The quantitative estimate of drug-likeness (QED) is 0.812. The van der Waals surface area contributed by atoms with Crippen LogP contribution in [0.1, 0.15) is 36.2 Å². The molecule has 2 atom stereocenters. The summed E-state index contributed by atoms with van der Waals surface area (Å²) >= 11 is 0. The van der Waals surface area contributed by atoms with E-state index in [-0.39, 0.29) is 23.5 Å². The van der Waals surface area contributed by atoms with Crippen molar-refractivity contribution >= 4 is 5.97 Å². The largest absolute Gasteiger partial charge is 0.465 e. The van der Waals surface area contributed by atoms with Gasteiger partial charge in [0.05, 0.1) is 18.8 Å². The van der Waals surface area contributed by atoms with Crippen LogP contribution in [-0.4, -0.2) is 30.3 Å². The lowest BCUT2D eigenvalue weighted by molar-refractivity contribution is -0.0730. The fourth-order valence-corrected chi connectivity index (χ4v) is 2.47. The smallest absolute Gasteiger partial charge is 0.338 e. The van der Waals surface area contributed by atoms with Gasteiger partial charge in [-0.25, -0.2) is 4.79 Å². The van der Waals surface area contributed by atoms with E-state index >= 15 is 0 Å². The Morgan fingerprint density at radius 1 is 1.47 bits per heavy atom. The summed E-state index contributed by atoms with van der Waals surface area (Å²) in [6, 6.07) is 7.69. The van der Waals surface area contributed by atoms with Gasteiger partial charge >= 0.3 is 5.97 Å². The molecule has 1 aliphatic rings. The predicted molar refractivity (Wildman–Crippen MR) is 72.8 cm³/mol. The van der Waals surface area contributed by atoms with E-state index in [9.17, 15) is 9.90 Å². The third-order valence-electron chi connectivity index (χ3n) is 4.18. The van der Waals surface area contributed by atoms with E-state index in [1.54, 1.807) is 6.07 Å². The summed E-state index contributed by atoms with van der Waals surface area (Å²) in [5.74, 6) is -0.315. The number of nitrogens with one attached hydrogen (secondary N) is 1. The normalized spacial score (nSPS) is 24.6. The molecule has 19 heavy (non-hydrogen) atoms. The highest BCUT2D eigenvalue weighted by Crippen LogP contribution is 2.40. The van der Waals surface area contributed by atoms with Crippen LogP contribution in [0.4, 0.5) is 0 Å². The number of benzene rings is 1. The molecule has 1 aromatic rings. The van der Waals surface area contributed by atoms with Crippen molar-refractivity contribution < 1.29 is 14.6 Å². The third-order valence-corrected chi connectivity index (χ3v) is 4.18. The molecule has 1 aromatic carbocycles. The molecule has 0 saturated heterocycles. The van der Waals surface area contributed by atoms with E-state index in [0.717, 1.165) is 12.0 Å². The van der Waals surface area contributed by atoms with Gasteiger partial charge in [-0.3, -0.25) is 0 Å². The van der Waals surface area contributed by atoms with Gasteiger partial charge in [0, 0.05) is 18.0 Å². The van der Waals surface area contributed by atoms with Crippen LogP contribution < -0.4 is 5.32 Å². The molecular weight excluding hydrogens is 242 g/mol. The Labute approximate surface area is 113 Å². The Balaban J connectivity index is 2.03. The predicted octanol–water partition coefficient (Wildman–Crippen LogP) is 1.72. The van der Waals surface area contributed by atoms with Crippen LogP contribution in [0.2, 0.25) is 0 Å². The lowest BCUT2D eigenvalue weighted by Crippen LogP contribution is -2.59. The summed E-state index contributed by atoms with van der Waals surface area (Å²) in [6.45, 7) is 4.70. The lowest BCUT2D eigenvalue weighted by atomic mass is 9.64. The monoisotopic (exact) mass is 263 g/mol. The minimum atomic E-state index is -0.315. The molecule has 0 heterocycles. The number of aliphatic hydroxyl groups excluding tert-OH is 1. The molecule has 2 unspecified atom stereocenters. The average Bonchev–Trinajstić information content (AvgIpc) is 2.42. The van der Waals surface area contributed by atoms with Crippen molar-refractivity contribution in [3.05, 3.63) is 35.4 Å². The minimum Gasteiger partial charge on any atom is -0.465 e. The molecule has 0 amide bonds. The second kappa shape index (κ2) is 5.31. The number of carbonyl (C=O) groups is 1. The average molecular weight is 263 g/mol. The van der Waals surface area contributed by atoms with Crippen molar-refractivity contribution in [1.82, 2.24) is 5.32 Å². The zero-order valence-corrected chi connectivity index (χ0v) is 11.6. The van der Waals surface area contributed by atoms with Gasteiger partial charge in [0.1, 0.15) is 0 Å². The fourth-order valence-electron chi connectivity index (χ4n) is 2.47. The zero-order valence-electron chi connectivity index (χ0n) is 11.6. The van der Waals surface area contributed by atoms with Crippen molar-refractivity contribution in [2.75, 3.05) is 7.11 Å². The van der Waals surface area contributed by atoms with Gasteiger partial charge in [0.25, 0.3) is 0 Å². The van der Waals surface area contributed by atoms with Gasteiger partial charge in [-0.2, -0.15) is 0 Å². The van der Waals surface area contributed by atoms with Crippen molar-refractivity contribution in [3.8, 4) is 0 Å². The number of hydrogen-bond donors (Lipinski definition) is 2. The van der Waals surface area contributed by atoms with E-state index in [0.29, 0.717) is 12.1 Å². The standard InChI is InChI=1S/C15H21NO3/c1-15(2)12(8-13(15)17)16-9-10-6-4-5-7-11(10)14(18)19-3/h4-7,12-13,16-17H,8-9H2,1-3H3. The van der Waals surface area contributed by atoms with Crippen LogP contribution in [0.3, 0.4) is 0 Å². The van der Waals surface area contributed by atoms with Crippen molar-refractivity contribution in [3.63, 3.8) is 0 Å². The van der Waals surface area contributed by atoms with Gasteiger partial charge in [-0.15, -0.1) is 0 Å². The van der Waals surface area contributed by atoms with Crippen LogP contribution in [-0.2, 0) is 11.3 Å². The number of aliphatic hydroxyl groups is 1. The Morgan fingerprint density at radius 2 is 2.16 bits per heavy atom. The number of carbonyl (C=O) groups excluding carboxylic acids is 1. The first kappa shape index (κ1) is 14.0. The number of ether oxygens (including phenoxy) is 1. The molecule has 2 rings (SSSR count). The zero-order chi connectivity index (χ0) is 14.0. The van der Waals surface area contributed by atoms with E-state index in [1.807, 2.05) is 32.0 Å². The van der Waals surface area contributed by atoms with Crippen LogP contribution in [0.25, 0.3) is 0 Å². The maximum Gasteiger partial charge on any atom is 0.338 e. The maximum absolute atomic E-state index is 11.7. The molecule has 104 valence electrons. The summed E-state index contributed by atoms with van der Waals surface area (Å²) in [6.07, 6.45) is 0.508. The van der Waals surface area contributed by atoms with Crippen molar-refractivity contribution in [1.29, 1.82) is 0 Å². The molecule has 1 aliphatic carbocycles. The van der Waals surface area contributed by atoms with Gasteiger partial charge in [-0.05, 0) is 18.1 Å². The highest BCUT2D eigenvalue weighted by Gasteiger charge is 2.46. The van der Waals surface area contributed by atoms with E-state index in [2.05, 4.69) is 5.32 Å². The number of rotatable bonds is 4. The molecule has 0 bridgehead atoms. The first-order valence-electron chi connectivity index (χ1n) is 6.54. The first-order chi connectivity index (χ1) is 8.96. The third kappa shape index (κ3) is 2.65. The van der Waals surface area contributed by atoms with Crippen LogP contribution in [0.15, 0.2) is 24.3 Å². The Kier molecular flexibility index (Phi) is 3.92. The molecule has 1 fully saturated rings. The summed E-state index contributed by atoms with van der Waals surface area (Å²) in [4.78, 5) is 11.7. The Bertz CT molecular complexity index is 470. The fraction of sp³-hybridized carbons (Fsp3) is 0.533. The number of esters is 1. The summed E-state index contributed by atoms with van der Waals surface area (Å²) in [7, 11) is 1.39. The molecule has 4 nitrogen and oxygen atoms in total. The van der Waals surface area contributed by atoms with E-state index in [4.69, 9.17) is 4.74 Å². The molecule has 0 aliphatic heterocycles. The number of hydrogen-bond acceptors (Lipinski definition) is 4. The minimum absolute atomic E-state index is 0.111. The molecule has 4 heteroatoms. The van der Waals surface area contributed by atoms with E-state index in [1.165, 1.54) is 7.11 Å². The van der Waals surface area contributed by atoms with Gasteiger partial charge in [0.2, 0.25) is 0 Å². The Morgan fingerprint density at radius 3 is 2.74 bits per heavy atom. The first-order valence-corrected chi connectivity index (χ1v) is 6.54. The Hall–Kier alpha value is -1.39. The van der Waals surface area contributed by atoms with Crippen LogP contribution >= 0.6 is 0 Å². The van der Waals surface area contributed by atoms with Crippen molar-refractivity contribution in [2.45, 2.75) is 39.0 Å². The van der Waals surface area contributed by atoms with Gasteiger partial charge in [0.15, 0.2) is 0 Å². The highest BCUT2D eigenvalue weighted by molar-refractivity contribution is 5.90. The summed E-state index contributed by atoms with van der Waals surface area (Å²) < 4.78 is 4.78. The molecule has 2 N–H and O–H groups in total. The van der Waals surface area contributed by atoms with E-state index < -0.39 is 0 Å². The second-order valence-corrected chi connectivity index (χ2v) is 5.66. The summed E-state index contributed by atoms with van der Waals surface area (Å²) in [5, 5.41) is 13.1. The molecular formula is C15H21NO3. The summed E-state index contributed by atoms with van der Waals surface area (Å²) in [5.41, 5.74) is 1.40. The lowest BCUT2D eigenvalue weighted by Gasteiger charge is -2.49. The van der Waals surface area contributed by atoms with Crippen LogP contribution in [0.5, 0.6) is 0 Å². The topological polar surface area (TPSA) is 58.6 Å². The molecule has 0 spiro atoms. The maximum atomic E-state index is 11.7. The highest BCUT2D eigenvalue weighted by atomic mass is 16.5. The number of methoxy groups -OCH3 is 1. The van der Waals surface area contributed by atoms with Crippen molar-refractivity contribution in [2.24, 2.45) is 5.41 Å². The van der Waals surface area contributed by atoms with Gasteiger partial charge in [-0.1, -0.05) is 32.0 Å².